The maximum atomic E-state index is 10.7. The van der Waals surface area contributed by atoms with Crippen molar-refractivity contribution in [3.63, 3.8) is 0 Å². The first-order chi connectivity index (χ1) is 8.56. The van der Waals surface area contributed by atoms with E-state index < -0.39 is 5.60 Å². The first kappa shape index (κ1) is 13.4. The molecular weight excluding hydrogens is 269 g/mol. The molecular formula is C14H12Cl2NO. The molecule has 2 aromatic carbocycles. The lowest BCUT2D eigenvalue weighted by Gasteiger charge is -2.27. The number of aliphatic hydroxyl groups is 1. The average molecular weight is 281 g/mol. The van der Waals surface area contributed by atoms with Gasteiger partial charge in [0.25, 0.3) is 0 Å². The highest BCUT2D eigenvalue weighted by Gasteiger charge is 2.30. The third-order valence-corrected chi connectivity index (χ3v) is 3.40. The predicted octanol–water partition coefficient (Wildman–Crippen LogP) is 3.51. The summed E-state index contributed by atoms with van der Waals surface area (Å²) in [6.07, 6.45) is 0. The fourth-order valence-corrected chi connectivity index (χ4v) is 2.07. The van der Waals surface area contributed by atoms with Crippen molar-refractivity contribution in [2.75, 3.05) is 6.54 Å². The molecule has 0 atom stereocenters. The molecule has 0 fully saturated rings. The van der Waals surface area contributed by atoms with Gasteiger partial charge < -0.3 is 5.11 Å². The van der Waals surface area contributed by atoms with Crippen LogP contribution in [0.4, 0.5) is 0 Å². The van der Waals surface area contributed by atoms with Gasteiger partial charge in [0.05, 0.1) is 0 Å². The molecule has 93 valence electrons. The Morgan fingerprint density at radius 3 is 1.44 bits per heavy atom. The van der Waals surface area contributed by atoms with Crippen molar-refractivity contribution in [2.45, 2.75) is 5.60 Å². The molecule has 4 heteroatoms. The maximum absolute atomic E-state index is 10.7. The number of halogens is 2. The van der Waals surface area contributed by atoms with E-state index in [-0.39, 0.29) is 6.54 Å². The Bertz CT molecular complexity index is 477. The van der Waals surface area contributed by atoms with Crippen LogP contribution in [0.5, 0.6) is 0 Å². The summed E-state index contributed by atoms with van der Waals surface area (Å²) in [5, 5.41) is 11.9. The minimum atomic E-state index is -1.34. The zero-order valence-electron chi connectivity index (χ0n) is 9.53. The van der Waals surface area contributed by atoms with Crippen molar-refractivity contribution < 1.29 is 5.11 Å². The Morgan fingerprint density at radius 1 is 0.833 bits per heavy atom. The summed E-state index contributed by atoms with van der Waals surface area (Å²) < 4.78 is 0. The molecule has 0 aromatic heterocycles. The summed E-state index contributed by atoms with van der Waals surface area (Å²) in [6.45, 7) is -0.170. The number of benzene rings is 2. The minimum absolute atomic E-state index is 0.170. The Hall–Kier alpha value is -1.06. The summed E-state index contributed by atoms with van der Waals surface area (Å²) in [7, 11) is 0. The van der Waals surface area contributed by atoms with Crippen LogP contribution in [0.15, 0.2) is 48.5 Å². The normalized spacial score (nSPS) is 11.6. The van der Waals surface area contributed by atoms with Crippen molar-refractivity contribution in [3.05, 3.63) is 69.7 Å². The molecule has 2 nitrogen and oxygen atoms in total. The molecule has 1 radical (unpaired) electrons. The molecule has 2 aromatic rings. The van der Waals surface area contributed by atoms with Gasteiger partial charge >= 0.3 is 0 Å². The average Bonchev–Trinajstić information content (AvgIpc) is 2.39. The van der Waals surface area contributed by atoms with Crippen molar-refractivity contribution >= 4 is 23.2 Å². The van der Waals surface area contributed by atoms with Gasteiger partial charge in [0, 0.05) is 16.6 Å². The molecule has 0 bridgehead atoms. The highest BCUT2D eigenvalue weighted by atomic mass is 35.5. The second-order valence-corrected chi connectivity index (χ2v) is 4.92. The first-order valence-corrected chi connectivity index (χ1v) is 6.21. The smallest absolute Gasteiger partial charge is 0.128 e. The lowest BCUT2D eigenvalue weighted by Crippen LogP contribution is -2.32. The molecule has 0 amide bonds. The van der Waals surface area contributed by atoms with Crippen molar-refractivity contribution in [3.8, 4) is 0 Å². The van der Waals surface area contributed by atoms with Crippen LogP contribution in [-0.4, -0.2) is 11.7 Å². The van der Waals surface area contributed by atoms with Crippen LogP contribution in [0.3, 0.4) is 0 Å². The van der Waals surface area contributed by atoms with Crippen LogP contribution < -0.4 is 5.73 Å². The van der Waals surface area contributed by atoms with E-state index in [0.717, 1.165) is 0 Å². The largest absolute Gasteiger partial charge is 0.379 e. The molecule has 0 aliphatic heterocycles. The standard InChI is InChI=1S/C14H12Cl2NO/c15-12-5-1-10(2-6-12)14(18,9-17)11-3-7-13(16)8-4-11/h1-8,17-18H,9H2. The van der Waals surface area contributed by atoms with E-state index in [1.807, 2.05) is 0 Å². The molecule has 2 rings (SSSR count). The van der Waals surface area contributed by atoms with Crippen molar-refractivity contribution in [2.24, 2.45) is 0 Å². The summed E-state index contributed by atoms with van der Waals surface area (Å²) in [4.78, 5) is 0. The van der Waals surface area contributed by atoms with Gasteiger partial charge in [-0.05, 0) is 35.4 Å². The van der Waals surface area contributed by atoms with Crippen LogP contribution >= 0.6 is 23.2 Å². The summed E-state index contributed by atoms with van der Waals surface area (Å²) in [5.74, 6) is 0. The summed E-state index contributed by atoms with van der Waals surface area (Å²) in [6, 6.07) is 13.7. The Balaban J connectivity index is 2.47. The topological polar surface area (TPSA) is 44.0 Å². The Morgan fingerprint density at radius 2 is 1.17 bits per heavy atom. The molecule has 0 aliphatic carbocycles. The summed E-state index contributed by atoms with van der Waals surface area (Å²) >= 11 is 11.7. The Labute approximate surface area is 116 Å². The van der Waals surface area contributed by atoms with Gasteiger partial charge in [-0.2, -0.15) is 0 Å². The van der Waals surface area contributed by atoms with Gasteiger partial charge in [-0.25, -0.2) is 0 Å². The van der Waals surface area contributed by atoms with Gasteiger partial charge in [0.15, 0.2) is 0 Å². The molecule has 2 N–H and O–H groups in total. The van der Waals surface area contributed by atoms with Crippen LogP contribution in [0, 0.1) is 0 Å². The lowest BCUT2D eigenvalue weighted by molar-refractivity contribution is 0.0884. The van der Waals surface area contributed by atoms with Crippen LogP contribution in [0.2, 0.25) is 10.0 Å². The monoisotopic (exact) mass is 280 g/mol. The van der Waals surface area contributed by atoms with Gasteiger partial charge in [0.2, 0.25) is 0 Å². The van der Waals surface area contributed by atoms with Crippen LogP contribution in [-0.2, 0) is 5.60 Å². The van der Waals surface area contributed by atoms with E-state index in [1.165, 1.54) is 0 Å². The van der Waals surface area contributed by atoms with Gasteiger partial charge in [0.1, 0.15) is 5.60 Å². The van der Waals surface area contributed by atoms with E-state index >= 15 is 0 Å². The number of rotatable bonds is 3. The van der Waals surface area contributed by atoms with Crippen LogP contribution in [0.25, 0.3) is 0 Å². The van der Waals surface area contributed by atoms with Gasteiger partial charge in [-0.1, -0.05) is 47.5 Å². The van der Waals surface area contributed by atoms with E-state index in [1.54, 1.807) is 48.5 Å². The molecule has 18 heavy (non-hydrogen) atoms. The zero-order chi connectivity index (χ0) is 13.2. The van der Waals surface area contributed by atoms with Crippen molar-refractivity contribution in [1.29, 1.82) is 0 Å². The fraction of sp³-hybridized carbons (Fsp3) is 0.143. The van der Waals surface area contributed by atoms with Crippen molar-refractivity contribution in [1.82, 2.24) is 5.73 Å². The molecule has 0 saturated heterocycles. The first-order valence-electron chi connectivity index (χ1n) is 5.45. The van der Waals surface area contributed by atoms with Gasteiger partial charge in [-0.15, -0.1) is 0 Å². The molecule has 0 saturated carbocycles. The molecule has 0 unspecified atom stereocenters. The van der Waals surface area contributed by atoms with E-state index in [4.69, 9.17) is 28.9 Å². The lowest BCUT2D eigenvalue weighted by atomic mass is 9.86. The second-order valence-electron chi connectivity index (χ2n) is 4.05. The zero-order valence-corrected chi connectivity index (χ0v) is 11.0. The number of nitrogens with one attached hydrogen (secondary N) is 1. The minimum Gasteiger partial charge on any atom is -0.379 e. The maximum Gasteiger partial charge on any atom is 0.128 e. The predicted molar refractivity (Wildman–Crippen MR) is 73.9 cm³/mol. The highest BCUT2D eigenvalue weighted by Crippen LogP contribution is 2.30. The third-order valence-electron chi connectivity index (χ3n) is 2.90. The fourth-order valence-electron chi connectivity index (χ4n) is 1.82. The SMILES string of the molecule is [NH]CC(O)(c1ccc(Cl)cc1)c1ccc(Cl)cc1. The quantitative estimate of drug-likeness (QED) is 0.919. The number of hydrogen-bond donors (Lipinski definition) is 1. The van der Waals surface area contributed by atoms with E-state index in [9.17, 15) is 5.11 Å². The van der Waals surface area contributed by atoms with E-state index in [0.29, 0.717) is 21.2 Å². The molecule has 0 heterocycles. The number of hydrogen-bond acceptors (Lipinski definition) is 1. The van der Waals surface area contributed by atoms with E-state index in [2.05, 4.69) is 0 Å². The second kappa shape index (κ2) is 5.29. The summed E-state index contributed by atoms with van der Waals surface area (Å²) in [5.41, 5.74) is 7.57. The Kier molecular flexibility index (Phi) is 3.93. The highest BCUT2D eigenvalue weighted by molar-refractivity contribution is 6.30. The third kappa shape index (κ3) is 2.52. The molecule has 0 aliphatic rings. The van der Waals surface area contributed by atoms with Gasteiger partial charge in [-0.3, -0.25) is 5.73 Å². The van der Waals surface area contributed by atoms with Crippen LogP contribution in [0.1, 0.15) is 11.1 Å². The molecule has 0 spiro atoms.